The van der Waals surface area contributed by atoms with Gasteiger partial charge in [0.1, 0.15) is 0 Å². The summed E-state index contributed by atoms with van der Waals surface area (Å²) in [6.07, 6.45) is 0.612. The predicted molar refractivity (Wildman–Crippen MR) is 65.9 cm³/mol. The van der Waals surface area contributed by atoms with Crippen molar-refractivity contribution in [2.24, 2.45) is 4.36 Å². The zero-order valence-corrected chi connectivity index (χ0v) is 11.4. The second-order valence-corrected chi connectivity index (χ2v) is 6.22. The molecule has 0 N–H and O–H groups in total. The lowest BCUT2D eigenvalue weighted by Crippen LogP contribution is -2.05. The largest absolute Gasteiger partial charge is 0.448 e. The lowest BCUT2D eigenvalue weighted by Gasteiger charge is -2.04. The molecule has 0 aliphatic carbocycles. The number of halogens is 1. The summed E-state index contributed by atoms with van der Waals surface area (Å²) in [4.78, 5) is 11.6. The van der Waals surface area contributed by atoms with Crippen molar-refractivity contribution in [3.05, 3.63) is 28.7 Å². The number of rotatable bonds is 2. The van der Waals surface area contributed by atoms with Crippen LogP contribution in [0.4, 0.5) is 4.79 Å². The van der Waals surface area contributed by atoms with Gasteiger partial charge in [-0.05, 0) is 25.1 Å². The third-order valence-electron chi connectivity index (χ3n) is 1.75. The van der Waals surface area contributed by atoms with E-state index in [1.165, 1.54) is 6.26 Å². The Balaban J connectivity index is 3.11. The Kier molecular flexibility index (Phi) is 4.49. The summed E-state index contributed by atoms with van der Waals surface area (Å²) in [6, 6.07) is 6.88. The van der Waals surface area contributed by atoms with Crippen molar-refractivity contribution in [3.63, 3.8) is 0 Å². The molecule has 0 heterocycles. The van der Waals surface area contributed by atoms with E-state index in [1.807, 2.05) is 6.07 Å². The number of nitrogens with zero attached hydrogens (tertiary/aromatic N) is 1. The predicted octanol–water partition coefficient (Wildman–Crippen LogP) is 3.06. The van der Waals surface area contributed by atoms with Crippen LogP contribution in [0.3, 0.4) is 0 Å². The molecular formula is C10H12BrNO3S. The van der Waals surface area contributed by atoms with Crippen molar-refractivity contribution >= 4 is 31.8 Å². The average Bonchev–Trinajstić information content (AvgIpc) is 2.17. The highest BCUT2D eigenvalue weighted by Crippen LogP contribution is 2.17. The molecule has 6 heteroatoms. The summed E-state index contributed by atoms with van der Waals surface area (Å²) in [6.45, 7) is 1.89. The molecule has 1 atom stereocenters. The first kappa shape index (κ1) is 13.2. The van der Waals surface area contributed by atoms with Gasteiger partial charge in [0.25, 0.3) is 0 Å². The van der Waals surface area contributed by atoms with Crippen molar-refractivity contribution in [1.82, 2.24) is 0 Å². The second-order valence-electron chi connectivity index (χ2n) is 3.05. The molecule has 1 aromatic carbocycles. The van der Waals surface area contributed by atoms with Gasteiger partial charge in [-0.1, -0.05) is 22.0 Å². The highest BCUT2D eigenvalue weighted by atomic mass is 79.9. The van der Waals surface area contributed by atoms with Crippen LogP contribution in [0.1, 0.15) is 6.92 Å². The molecular weight excluding hydrogens is 294 g/mol. The van der Waals surface area contributed by atoms with Crippen molar-refractivity contribution < 1.29 is 13.7 Å². The third-order valence-corrected chi connectivity index (χ3v) is 3.87. The first-order valence-electron chi connectivity index (χ1n) is 4.60. The Morgan fingerprint density at radius 1 is 1.56 bits per heavy atom. The quantitative estimate of drug-likeness (QED) is 0.844. The summed E-state index contributed by atoms with van der Waals surface area (Å²) >= 11 is 3.27. The minimum atomic E-state index is -2.73. The SMILES string of the molecule is CCOC(=O)N=S(C)(=O)c1cccc(Br)c1. The molecule has 1 aromatic rings. The van der Waals surface area contributed by atoms with Crippen LogP contribution in [0.15, 0.2) is 38.0 Å². The molecule has 0 saturated carbocycles. The zero-order valence-electron chi connectivity index (χ0n) is 8.97. The summed E-state index contributed by atoms with van der Waals surface area (Å²) in [5.41, 5.74) is 0. The van der Waals surface area contributed by atoms with E-state index in [2.05, 4.69) is 25.0 Å². The van der Waals surface area contributed by atoms with E-state index in [1.54, 1.807) is 25.1 Å². The van der Waals surface area contributed by atoms with Crippen LogP contribution < -0.4 is 0 Å². The highest BCUT2D eigenvalue weighted by Gasteiger charge is 2.09. The summed E-state index contributed by atoms with van der Waals surface area (Å²) in [5.74, 6) is 0. The zero-order chi connectivity index (χ0) is 12.2. The van der Waals surface area contributed by atoms with Gasteiger partial charge in [0.2, 0.25) is 0 Å². The highest BCUT2D eigenvalue weighted by molar-refractivity contribution is 9.10. The summed E-state index contributed by atoms with van der Waals surface area (Å²) in [7, 11) is -2.73. The molecule has 88 valence electrons. The van der Waals surface area contributed by atoms with Crippen molar-refractivity contribution in [1.29, 1.82) is 0 Å². The fraction of sp³-hybridized carbons (Fsp3) is 0.300. The molecule has 0 bridgehead atoms. The maximum Gasteiger partial charge on any atom is 0.442 e. The molecule has 0 saturated heterocycles. The number of amides is 1. The second kappa shape index (κ2) is 5.45. The van der Waals surface area contributed by atoms with E-state index >= 15 is 0 Å². The lowest BCUT2D eigenvalue weighted by molar-refractivity contribution is 0.164. The first-order valence-corrected chi connectivity index (χ1v) is 7.32. The van der Waals surface area contributed by atoms with Gasteiger partial charge in [0, 0.05) is 15.6 Å². The third kappa shape index (κ3) is 3.61. The number of hydrogen-bond donors (Lipinski definition) is 0. The molecule has 1 rings (SSSR count). The van der Waals surface area contributed by atoms with Crippen LogP contribution >= 0.6 is 15.9 Å². The maximum atomic E-state index is 12.1. The van der Waals surface area contributed by atoms with Gasteiger partial charge >= 0.3 is 6.09 Å². The molecule has 0 aliphatic heterocycles. The minimum absolute atomic E-state index is 0.219. The fourth-order valence-electron chi connectivity index (χ4n) is 1.05. The smallest absolute Gasteiger partial charge is 0.442 e. The number of benzene rings is 1. The topological polar surface area (TPSA) is 55.7 Å². The lowest BCUT2D eigenvalue weighted by atomic mass is 10.4. The fourth-order valence-corrected chi connectivity index (χ4v) is 2.72. The first-order chi connectivity index (χ1) is 7.45. The molecule has 1 unspecified atom stereocenters. The Bertz CT molecular complexity index is 507. The standard InChI is InChI=1S/C10H12BrNO3S/c1-3-15-10(13)12-16(2,14)9-6-4-5-8(11)7-9/h4-7H,3H2,1-2H3. The number of carbonyl (C=O) groups excluding carboxylic acids is 1. The van der Waals surface area contributed by atoms with E-state index in [-0.39, 0.29) is 6.61 Å². The van der Waals surface area contributed by atoms with Crippen LogP contribution in [0.25, 0.3) is 0 Å². The average molecular weight is 306 g/mol. The van der Waals surface area contributed by atoms with Gasteiger partial charge in [0.05, 0.1) is 16.3 Å². The Morgan fingerprint density at radius 3 is 2.81 bits per heavy atom. The Hall–Kier alpha value is -0.880. The number of ether oxygens (including phenoxy) is 1. The van der Waals surface area contributed by atoms with Crippen LogP contribution in [0.2, 0.25) is 0 Å². The van der Waals surface area contributed by atoms with E-state index in [4.69, 9.17) is 0 Å². The van der Waals surface area contributed by atoms with E-state index in [9.17, 15) is 9.00 Å². The Morgan fingerprint density at radius 2 is 2.25 bits per heavy atom. The van der Waals surface area contributed by atoms with Gasteiger partial charge < -0.3 is 4.74 Å². The van der Waals surface area contributed by atoms with Crippen LogP contribution in [0.5, 0.6) is 0 Å². The molecule has 4 nitrogen and oxygen atoms in total. The molecule has 0 spiro atoms. The van der Waals surface area contributed by atoms with Crippen molar-refractivity contribution in [2.45, 2.75) is 11.8 Å². The van der Waals surface area contributed by atoms with Crippen LogP contribution in [0, 0.1) is 0 Å². The van der Waals surface area contributed by atoms with Crippen LogP contribution in [-0.2, 0) is 14.5 Å². The maximum absolute atomic E-state index is 12.1. The summed E-state index contributed by atoms with van der Waals surface area (Å²) < 4.78 is 21.1. The molecule has 0 radical (unpaired) electrons. The van der Waals surface area contributed by atoms with E-state index in [0.29, 0.717) is 4.90 Å². The van der Waals surface area contributed by atoms with E-state index in [0.717, 1.165) is 4.47 Å². The molecule has 0 aliphatic rings. The van der Waals surface area contributed by atoms with Crippen molar-refractivity contribution in [2.75, 3.05) is 12.9 Å². The van der Waals surface area contributed by atoms with Crippen molar-refractivity contribution in [3.8, 4) is 0 Å². The molecule has 0 aromatic heterocycles. The van der Waals surface area contributed by atoms with Gasteiger partial charge in [-0.2, -0.15) is 0 Å². The Labute approximate surface area is 103 Å². The molecule has 0 fully saturated rings. The van der Waals surface area contributed by atoms with Gasteiger partial charge in [-0.15, -0.1) is 4.36 Å². The minimum Gasteiger partial charge on any atom is -0.448 e. The van der Waals surface area contributed by atoms with Gasteiger partial charge in [0.15, 0.2) is 0 Å². The normalized spacial score (nSPS) is 13.9. The molecule has 1 amide bonds. The van der Waals surface area contributed by atoms with E-state index < -0.39 is 15.8 Å². The van der Waals surface area contributed by atoms with Gasteiger partial charge in [-0.3, -0.25) is 0 Å². The summed E-state index contributed by atoms with van der Waals surface area (Å²) in [5, 5.41) is 0. The van der Waals surface area contributed by atoms with Crippen LogP contribution in [-0.4, -0.2) is 23.2 Å². The monoisotopic (exact) mass is 305 g/mol. The van der Waals surface area contributed by atoms with Gasteiger partial charge in [-0.25, -0.2) is 9.00 Å². The number of hydrogen-bond acceptors (Lipinski definition) is 3. The molecule has 16 heavy (non-hydrogen) atoms. The number of carbonyl (C=O) groups is 1.